The van der Waals surface area contributed by atoms with Gasteiger partial charge in [-0.25, -0.2) is 0 Å². The van der Waals surface area contributed by atoms with Crippen LogP contribution in [0.2, 0.25) is 0 Å². The third-order valence-electron chi connectivity index (χ3n) is 3.11. The van der Waals surface area contributed by atoms with Gasteiger partial charge in [-0.05, 0) is 23.7 Å². The maximum absolute atomic E-state index is 5.24. The highest BCUT2D eigenvalue weighted by Crippen LogP contribution is 2.21. The van der Waals surface area contributed by atoms with Gasteiger partial charge in [0, 0.05) is 12.7 Å². The molecule has 0 bridgehead atoms. The number of hydrogen-bond acceptors (Lipinski definition) is 3. The molecule has 5 heteroatoms. The van der Waals surface area contributed by atoms with Gasteiger partial charge in [0.25, 0.3) is 0 Å². The molecule has 0 radical (unpaired) electrons. The average molecular weight is 277 g/mol. The quantitative estimate of drug-likeness (QED) is 0.852. The summed E-state index contributed by atoms with van der Waals surface area (Å²) in [4.78, 5) is 0. The second-order valence-electron chi connectivity index (χ2n) is 4.77. The van der Waals surface area contributed by atoms with Crippen LogP contribution in [0, 0.1) is 4.77 Å². The predicted molar refractivity (Wildman–Crippen MR) is 78.8 cm³/mol. The van der Waals surface area contributed by atoms with Crippen molar-refractivity contribution in [2.45, 2.75) is 26.3 Å². The van der Waals surface area contributed by atoms with Crippen molar-refractivity contribution in [2.75, 3.05) is 13.7 Å². The summed E-state index contributed by atoms with van der Waals surface area (Å²) in [6.45, 7) is 5.69. The number of H-pyrrole nitrogens is 1. The largest absolute Gasteiger partial charge is 0.383 e. The predicted octanol–water partition coefficient (Wildman–Crippen LogP) is 3.38. The molecule has 0 saturated heterocycles. The highest BCUT2D eigenvalue weighted by atomic mass is 32.1. The van der Waals surface area contributed by atoms with E-state index in [0.29, 0.717) is 23.8 Å². The van der Waals surface area contributed by atoms with Crippen LogP contribution in [0.25, 0.3) is 11.4 Å². The molecule has 2 aromatic rings. The van der Waals surface area contributed by atoms with Crippen LogP contribution in [0.15, 0.2) is 24.3 Å². The Hall–Kier alpha value is -1.46. The minimum atomic E-state index is 0.531. The fourth-order valence-electron chi connectivity index (χ4n) is 1.95. The summed E-state index contributed by atoms with van der Waals surface area (Å²) >= 11 is 5.24. The van der Waals surface area contributed by atoms with Crippen molar-refractivity contribution in [3.8, 4) is 11.4 Å². The van der Waals surface area contributed by atoms with E-state index in [4.69, 9.17) is 17.0 Å². The molecular weight excluding hydrogens is 258 g/mol. The Morgan fingerprint density at radius 1 is 1.32 bits per heavy atom. The van der Waals surface area contributed by atoms with Crippen LogP contribution in [-0.4, -0.2) is 28.5 Å². The molecule has 1 heterocycles. The number of aromatic nitrogens is 3. The maximum atomic E-state index is 5.24. The zero-order valence-electron chi connectivity index (χ0n) is 11.5. The summed E-state index contributed by atoms with van der Waals surface area (Å²) in [5, 5.41) is 7.15. The third-order valence-corrected chi connectivity index (χ3v) is 3.42. The van der Waals surface area contributed by atoms with Crippen molar-refractivity contribution >= 4 is 12.2 Å². The van der Waals surface area contributed by atoms with E-state index in [1.807, 2.05) is 4.57 Å². The van der Waals surface area contributed by atoms with Crippen LogP contribution >= 0.6 is 12.2 Å². The molecule has 0 saturated carbocycles. The van der Waals surface area contributed by atoms with E-state index in [2.05, 4.69) is 48.3 Å². The molecule has 102 valence electrons. The molecule has 0 aliphatic heterocycles. The number of nitrogens with zero attached hydrogens (tertiary/aromatic N) is 2. The lowest BCUT2D eigenvalue weighted by Gasteiger charge is -2.08. The molecule has 0 atom stereocenters. The number of rotatable bonds is 5. The van der Waals surface area contributed by atoms with Crippen LogP contribution in [0.3, 0.4) is 0 Å². The molecular formula is C14H19N3OS. The van der Waals surface area contributed by atoms with E-state index in [-0.39, 0.29) is 0 Å². The normalized spacial score (nSPS) is 11.2. The Balaban J connectivity index is 2.33. The van der Waals surface area contributed by atoms with Gasteiger partial charge in [0.2, 0.25) is 0 Å². The van der Waals surface area contributed by atoms with E-state index < -0.39 is 0 Å². The van der Waals surface area contributed by atoms with Crippen molar-refractivity contribution in [3.63, 3.8) is 0 Å². The topological polar surface area (TPSA) is 42.8 Å². The molecule has 0 fully saturated rings. The average Bonchev–Trinajstić information content (AvgIpc) is 2.78. The smallest absolute Gasteiger partial charge is 0.195 e. The summed E-state index contributed by atoms with van der Waals surface area (Å²) in [5.74, 6) is 1.39. The number of nitrogens with one attached hydrogen (secondary N) is 1. The summed E-state index contributed by atoms with van der Waals surface area (Å²) in [6.07, 6.45) is 0. The first-order valence-corrected chi connectivity index (χ1v) is 6.78. The first-order valence-electron chi connectivity index (χ1n) is 6.38. The minimum Gasteiger partial charge on any atom is -0.383 e. The van der Waals surface area contributed by atoms with Gasteiger partial charge in [-0.15, -0.1) is 0 Å². The number of hydrogen-bond donors (Lipinski definition) is 1. The van der Waals surface area contributed by atoms with E-state index in [0.717, 1.165) is 11.4 Å². The van der Waals surface area contributed by atoms with Gasteiger partial charge >= 0.3 is 0 Å². The summed E-state index contributed by atoms with van der Waals surface area (Å²) in [5.41, 5.74) is 2.38. The van der Waals surface area contributed by atoms with Gasteiger partial charge in [-0.1, -0.05) is 38.1 Å². The van der Waals surface area contributed by atoms with Gasteiger partial charge in [-0.3, -0.25) is 9.67 Å². The van der Waals surface area contributed by atoms with Crippen LogP contribution < -0.4 is 0 Å². The standard InChI is InChI=1S/C14H19N3OS/c1-10(2)11-4-6-12(7-5-11)13-15-16-14(19)17(13)8-9-18-3/h4-7,10H,8-9H2,1-3H3,(H,16,19). The van der Waals surface area contributed by atoms with Gasteiger partial charge in [0.05, 0.1) is 13.2 Å². The molecule has 1 aromatic heterocycles. The van der Waals surface area contributed by atoms with Gasteiger partial charge in [0.15, 0.2) is 10.6 Å². The third kappa shape index (κ3) is 3.11. The Bertz CT molecular complexity index is 583. The highest BCUT2D eigenvalue weighted by Gasteiger charge is 2.09. The van der Waals surface area contributed by atoms with E-state index in [9.17, 15) is 0 Å². The first-order chi connectivity index (χ1) is 9.13. The number of methoxy groups -OCH3 is 1. The molecule has 1 aromatic carbocycles. The Morgan fingerprint density at radius 3 is 2.58 bits per heavy atom. The highest BCUT2D eigenvalue weighted by molar-refractivity contribution is 7.71. The van der Waals surface area contributed by atoms with E-state index >= 15 is 0 Å². The number of benzene rings is 1. The summed E-state index contributed by atoms with van der Waals surface area (Å²) in [7, 11) is 1.68. The Morgan fingerprint density at radius 2 is 2.00 bits per heavy atom. The van der Waals surface area contributed by atoms with Crippen LogP contribution in [0.5, 0.6) is 0 Å². The molecule has 0 aliphatic rings. The minimum absolute atomic E-state index is 0.531. The lowest BCUT2D eigenvalue weighted by atomic mass is 10.0. The maximum Gasteiger partial charge on any atom is 0.195 e. The van der Waals surface area contributed by atoms with E-state index in [1.165, 1.54) is 5.56 Å². The summed E-state index contributed by atoms with van der Waals surface area (Å²) in [6, 6.07) is 8.45. The number of aromatic amines is 1. The fraction of sp³-hybridized carbons (Fsp3) is 0.429. The zero-order chi connectivity index (χ0) is 13.8. The second kappa shape index (κ2) is 6.12. The molecule has 0 unspecified atom stereocenters. The number of ether oxygens (including phenoxy) is 1. The van der Waals surface area contributed by atoms with Crippen molar-refractivity contribution < 1.29 is 4.74 Å². The summed E-state index contributed by atoms with van der Waals surface area (Å²) < 4.78 is 7.69. The molecule has 1 N–H and O–H groups in total. The van der Waals surface area contributed by atoms with Crippen LogP contribution in [0.4, 0.5) is 0 Å². The fourth-order valence-corrected chi connectivity index (χ4v) is 2.17. The van der Waals surface area contributed by atoms with Gasteiger partial charge < -0.3 is 4.74 Å². The first kappa shape index (κ1) is 14.0. The molecule has 0 spiro atoms. The SMILES string of the molecule is COCCn1c(-c2ccc(C(C)C)cc2)n[nH]c1=S. The zero-order valence-corrected chi connectivity index (χ0v) is 12.3. The lowest BCUT2D eigenvalue weighted by Crippen LogP contribution is -2.06. The molecule has 4 nitrogen and oxygen atoms in total. The lowest BCUT2D eigenvalue weighted by molar-refractivity contribution is 0.187. The van der Waals surface area contributed by atoms with E-state index in [1.54, 1.807) is 7.11 Å². The Kier molecular flexibility index (Phi) is 4.50. The molecule has 2 rings (SSSR count). The van der Waals surface area contributed by atoms with Crippen molar-refractivity contribution in [2.24, 2.45) is 0 Å². The van der Waals surface area contributed by atoms with Crippen LogP contribution in [-0.2, 0) is 11.3 Å². The van der Waals surface area contributed by atoms with Crippen molar-refractivity contribution in [1.29, 1.82) is 0 Å². The molecule has 19 heavy (non-hydrogen) atoms. The Labute approximate surface area is 118 Å². The van der Waals surface area contributed by atoms with Crippen LogP contribution in [0.1, 0.15) is 25.3 Å². The van der Waals surface area contributed by atoms with Gasteiger partial charge in [0.1, 0.15) is 0 Å². The monoisotopic (exact) mass is 277 g/mol. The van der Waals surface area contributed by atoms with Crippen molar-refractivity contribution in [3.05, 3.63) is 34.6 Å². The molecule has 0 aliphatic carbocycles. The molecule has 0 amide bonds. The van der Waals surface area contributed by atoms with Gasteiger partial charge in [-0.2, -0.15) is 5.10 Å². The van der Waals surface area contributed by atoms with Crippen molar-refractivity contribution in [1.82, 2.24) is 14.8 Å². The second-order valence-corrected chi connectivity index (χ2v) is 5.16.